The van der Waals surface area contributed by atoms with Crippen molar-refractivity contribution in [2.45, 2.75) is 38.4 Å². The monoisotopic (exact) mass is 200 g/mol. The van der Waals surface area contributed by atoms with Gasteiger partial charge in [-0.2, -0.15) is 4.99 Å². The van der Waals surface area contributed by atoms with Gasteiger partial charge < -0.3 is 5.73 Å². The number of nitrogens with two attached hydrogens (primary N) is 1. The van der Waals surface area contributed by atoms with Crippen LogP contribution in [-0.4, -0.2) is 16.3 Å². The topological polar surface area (TPSA) is 55.4 Å². The van der Waals surface area contributed by atoms with Crippen LogP contribution in [-0.2, 0) is 4.79 Å². The second-order valence-electron chi connectivity index (χ2n) is 3.58. The molecule has 0 aromatic heterocycles. The minimum absolute atomic E-state index is 0.0306. The first-order valence-corrected chi connectivity index (χ1v) is 5.52. The number of aliphatic imine (C=N–C) groups is 1. The van der Waals surface area contributed by atoms with Crippen molar-refractivity contribution in [1.29, 1.82) is 0 Å². The lowest BCUT2D eigenvalue weighted by Crippen LogP contribution is -2.23. The van der Waals surface area contributed by atoms with E-state index in [0.29, 0.717) is 10.4 Å². The maximum atomic E-state index is 11.3. The minimum Gasteiger partial charge on any atom is -0.378 e. The molecule has 3 nitrogen and oxygen atoms in total. The largest absolute Gasteiger partial charge is 0.378 e. The lowest BCUT2D eigenvalue weighted by Gasteiger charge is -2.21. The van der Waals surface area contributed by atoms with Gasteiger partial charge in [-0.1, -0.05) is 32.0 Å². The van der Waals surface area contributed by atoms with E-state index in [1.54, 1.807) is 0 Å². The highest BCUT2D eigenvalue weighted by atomic mass is 32.2. The molecule has 0 aromatic rings. The second-order valence-corrected chi connectivity index (χ2v) is 5.18. The number of nitrogens with zero attached hydrogens (tertiary/aromatic N) is 1. The van der Waals surface area contributed by atoms with Crippen LogP contribution in [0.1, 0.15) is 33.1 Å². The lowest BCUT2D eigenvalue weighted by atomic mass is 9.85. The number of amides is 1. The first-order chi connectivity index (χ1) is 6.09. The fraction of sp³-hybridized carbons (Fsp3) is 0.778. The van der Waals surface area contributed by atoms with Crippen molar-refractivity contribution in [2.24, 2.45) is 16.6 Å². The lowest BCUT2D eigenvalue weighted by molar-refractivity contribution is -0.123. The van der Waals surface area contributed by atoms with Crippen molar-refractivity contribution < 1.29 is 4.79 Å². The SMILES string of the molecule is CC(C)SC(N)=NC(=O)C1CCC1. The van der Waals surface area contributed by atoms with E-state index in [-0.39, 0.29) is 11.8 Å². The average Bonchev–Trinajstić information content (AvgIpc) is 1.78. The zero-order valence-corrected chi connectivity index (χ0v) is 8.93. The zero-order valence-electron chi connectivity index (χ0n) is 8.12. The summed E-state index contributed by atoms with van der Waals surface area (Å²) < 4.78 is 0. The maximum absolute atomic E-state index is 11.3. The van der Waals surface area contributed by atoms with Gasteiger partial charge in [0.1, 0.15) is 0 Å². The summed E-state index contributed by atoms with van der Waals surface area (Å²) in [7, 11) is 0. The van der Waals surface area contributed by atoms with Gasteiger partial charge in [0.25, 0.3) is 5.91 Å². The summed E-state index contributed by atoms with van der Waals surface area (Å²) >= 11 is 1.44. The van der Waals surface area contributed by atoms with Crippen LogP contribution in [0, 0.1) is 5.92 Å². The van der Waals surface area contributed by atoms with Gasteiger partial charge in [0.2, 0.25) is 0 Å². The molecule has 0 saturated heterocycles. The molecule has 1 aliphatic carbocycles. The van der Waals surface area contributed by atoms with Gasteiger partial charge in [-0.25, -0.2) is 0 Å². The Hall–Kier alpha value is -0.510. The average molecular weight is 200 g/mol. The number of rotatable bonds is 2. The highest BCUT2D eigenvalue weighted by Gasteiger charge is 2.25. The Morgan fingerprint density at radius 1 is 1.54 bits per heavy atom. The number of carbonyl (C=O) groups excluding carboxylic acids is 1. The predicted octanol–water partition coefficient (Wildman–Crippen LogP) is 1.77. The normalized spacial score (nSPS) is 18.8. The molecular weight excluding hydrogens is 184 g/mol. The number of amidine groups is 1. The molecule has 4 heteroatoms. The smallest absolute Gasteiger partial charge is 0.251 e. The Kier molecular flexibility index (Phi) is 3.78. The third-order valence-electron chi connectivity index (χ3n) is 2.03. The molecule has 13 heavy (non-hydrogen) atoms. The van der Waals surface area contributed by atoms with Gasteiger partial charge in [0, 0.05) is 11.2 Å². The Balaban J connectivity index is 2.39. The van der Waals surface area contributed by atoms with Crippen molar-refractivity contribution in [3.05, 3.63) is 0 Å². The van der Waals surface area contributed by atoms with E-state index in [2.05, 4.69) is 4.99 Å². The van der Waals surface area contributed by atoms with E-state index >= 15 is 0 Å². The van der Waals surface area contributed by atoms with Crippen LogP contribution in [0.15, 0.2) is 4.99 Å². The van der Waals surface area contributed by atoms with Gasteiger partial charge >= 0.3 is 0 Å². The van der Waals surface area contributed by atoms with Crippen LogP contribution in [0.3, 0.4) is 0 Å². The number of hydrogen-bond acceptors (Lipinski definition) is 2. The molecule has 1 amide bonds. The number of thioether (sulfide) groups is 1. The molecule has 1 aliphatic rings. The third-order valence-corrected chi connectivity index (χ3v) is 2.84. The Labute approximate surface area is 83.2 Å². The van der Waals surface area contributed by atoms with E-state index in [4.69, 9.17) is 5.73 Å². The van der Waals surface area contributed by atoms with Crippen molar-refractivity contribution in [2.75, 3.05) is 0 Å². The standard InChI is InChI=1S/C9H16N2OS/c1-6(2)13-9(10)11-8(12)7-4-3-5-7/h6-7H,3-5H2,1-2H3,(H2,10,11,12). The molecule has 1 saturated carbocycles. The quantitative estimate of drug-likeness (QED) is 0.546. The van der Waals surface area contributed by atoms with Gasteiger partial charge in [0.05, 0.1) is 0 Å². The summed E-state index contributed by atoms with van der Waals surface area (Å²) in [6.45, 7) is 4.06. The molecule has 0 heterocycles. The number of carbonyl (C=O) groups is 1. The first kappa shape index (κ1) is 10.6. The van der Waals surface area contributed by atoms with Crippen LogP contribution in [0.25, 0.3) is 0 Å². The fourth-order valence-corrected chi connectivity index (χ4v) is 1.75. The highest BCUT2D eigenvalue weighted by molar-refractivity contribution is 8.14. The van der Waals surface area contributed by atoms with E-state index in [9.17, 15) is 4.79 Å². The Morgan fingerprint density at radius 2 is 2.15 bits per heavy atom. The summed E-state index contributed by atoms with van der Waals surface area (Å²) in [5.41, 5.74) is 5.58. The van der Waals surface area contributed by atoms with Crippen LogP contribution in [0.5, 0.6) is 0 Å². The predicted molar refractivity (Wildman–Crippen MR) is 56.7 cm³/mol. The molecule has 0 unspecified atom stereocenters. The van der Waals surface area contributed by atoms with Crippen molar-refractivity contribution >= 4 is 22.8 Å². The fourth-order valence-electron chi connectivity index (χ4n) is 1.12. The number of hydrogen-bond donors (Lipinski definition) is 1. The van der Waals surface area contributed by atoms with Crippen molar-refractivity contribution in [3.8, 4) is 0 Å². The summed E-state index contributed by atoms with van der Waals surface area (Å²) in [6, 6.07) is 0. The van der Waals surface area contributed by atoms with Gasteiger partial charge in [-0.15, -0.1) is 0 Å². The maximum Gasteiger partial charge on any atom is 0.251 e. The molecule has 2 N–H and O–H groups in total. The van der Waals surface area contributed by atoms with Crippen molar-refractivity contribution in [3.63, 3.8) is 0 Å². The van der Waals surface area contributed by atoms with Crippen molar-refractivity contribution in [1.82, 2.24) is 0 Å². The van der Waals surface area contributed by atoms with Gasteiger partial charge in [-0.3, -0.25) is 4.79 Å². The summed E-state index contributed by atoms with van der Waals surface area (Å²) in [6.07, 6.45) is 3.13. The summed E-state index contributed by atoms with van der Waals surface area (Å²) in [5, 5.41) is 0.796. The zero-order chi connectivity index (χ0) is 9.84. The molecule has 0 spiro atoms. The highest BCUT2D eigenvalue weighted by Crippen LogP contribution is 2.27. The van der Waals surface area contributed by atoms with Crippen LogP contribution >= 0.6 is 11.8 Å². The van der Waals surface area contributed by atoms with Gasteiger partial charge in [0.15, 0.2) is 5.17 Å². The molecule has 74 valence electrons. The van der Waals surface area contributed by atoms with E-state index in [1.807, 2.05) is 13.8 Å². The first-order valence-electron chi connectivity index (χ1n) is 4.64. The third kappa shape index (κ3) is 3.38. The Morgan fingerprint density at radius 3 is 2.54 bits per heavy atom. The van der Waals surface area contributed by atoms with E-state index in [0.717, 1.165) is 19.3 Å². The molecule has 0 bridgehead atoms. The van der Waals surface area contributed by atoms with Gasteiger partial charge in [-0.05, 0) is 12.8 Å². The summed E-state index contributed by atoms with van der Waals surface area (Å²) in [5.74, 6) is 0.128. The van der Waals surface area contributed by atoms with E-state index < -0.39 is 0 Å². The minimum atomic E-state index is -0.0306. The van der Waals surface area contributed by atoms with Crippen LogP contribution in [0.2, 0.25) is 0 Å². The molecule has 0 atom stereocenters. The molecule has 0 aromatic carbocycles. The molecule has 0 aliphatic heterocycles. The summed E-state index contributed by atoms with van der Waals surface area (Å²) in [4.78, 5) is 15.2. The van der Waals surface area contributed by atoms with Crippen LogP contribution < -0.4 is 5.73 Å². The Bertz CT molecular complexity index is 222. The molecule has 1 fully saturated rings. The van der Waals surface area contributed by atoms with E-state index in [1.165, 1.54) is 11.8 Å². The molecule has 1 rings (SSSR count). The molecular formula is C9H16N2OS. The van der Waals surface area contributed by atoms with Crippen LogP contribution in [0.4, 0.5) is 0 Å². The second kappa shape index (κ2) is 4.65. The molecule has 0 radical (unpaired) electrons.